The second-order valence-corrected chi connectivity index (χ2v) is 9.26. The van der Waals surface area contributed by atoms with Crippen molar-refractivity contribution >= 4 is 70.5 Å². The van der Waals surface area contributed by atoms with E-state index in [4.69, 9.17) is 33.0 Å². The lowest BCUT2D eigenvalue weighted by molar-refractivity contribution is -0.139. The van der Waals surface area contributed by atoms with Crippen LogP contribution in [0.25, 0.3) is 0 Å². The topological polar surface area (TPSA) is 162 Å². The number of carboxylic acid groups (broad SMARTS) is 1. The lowest BCUT2D eigenvalue weighted by atomic mass is 10.1. The molecule has 39 heavy (non-hydrogen) atoms. The van der Waals surface area contributed by atoms with Crippen molar-refractivity contribution in [1.82, 2.24) is 10.6 Å². The maximum atomic E-state index is 13.7. The predicted molar refractivity (Wildman–Crippen MR) is 141 cm³/mol. The molecule has 3 N–H and O–H groups in total. The zero-order valence-corrected chi connectivity index (χ0v) is 22.3. The normalized spacial score (nSPS) is 15.5. The number of rotatable bonds is 9. The number of benzene rings is 2. The largest absolute Gasteiger partial charge is 0.494 e. The maximum absolute atomic E-state index is 13.7. The molecule has 0 fully saturated rings. The first-order valence-electron chi connectivity index (χ1n) is 11.5. The first-order valence-corrected chi connectivity index (χ1v) is 12.2. The van der Waals surface area contributed by atoms with Crippen molar-refractivity contribution in [3.05, 3.63) is 52.0 Å². The lowest BCUT2D eigenvalue weighted by Gasteiger charge is -2.25. The van der Waals surface area contributed by atoms with Crippen molar-refractivity contribution in [3.8, 4) is 5.75 Å². The fourth-order valence-electron chi connectivity index (χ4n) is 4.00. The molecular weight excluding hydrogens is 555 g/mol. The molecule has 2 aromatic rings. The monoisotopic (exact) mass is 578 g/mol. The van der Waals surface area contributed by atoms with E-state index in [0.717, 1.165) is 4.90 Å². The first-order chi connectivity index (χ1) is 18.5. The molecule has 2 atom stereocenters. The molecule has 0 unspecified atom stereocenters. The van der Waals surface area contributed by atoms with Crippen LogP contribution >= 0.6 is 23.2 Å². The molecule has 4 amide bonds. The van der Waals surface area contributed by atoms with Crippen LogP contribution in [0.1, 0.15) is 23.7 Å². The van der Waals surface area contributed by atoms with Gasteiger partial charge in [0.2, 0.25) is 11.8 Å². The molecule has 2 aromatic carbocycles. The second kappa shape index (κ2) is 12.6. The summed E-state index contributed by atoms with van der Waals surface area (Å²) in [5, 5.41) is 13.9. The highest BCUT2D eigenvalue weighted by Gasteiger charge is 2.37. The lowest BCUT2D eigenvalue weighted by Crippen LogP contribution is -2.54. The summed E-state index contributed by atoms with van der Waals surface area (Å²) in [7, 11) is 1.36. The number of hydrogen-bond acceptors (Lipinski definition) is 7. The number of aliphatic carboxylic acids is 1. The average Bonchev–Trinajstić information content (AvgIpc) is 2.98. The molecule has 1 aliphatic rings. The molecule has 14 heteroatoms. The standard InChI is InChI=1S/C25H24Cl2N4O8/c1-13(33)30-10-18(29-24(37)14-7-16(26)23(39-2)17(27)8-14)25(38)31(20-6-4-3-5-19(20)30)11-21(34)28-15(12-32)9-22(35)36/h3-8,12,15,18H,9-11H2,1-2H3,(H,28,34)(H,29,37)(H,35,36)/t15-,18-/m0/s1. The van der Waals surface area contributed by atoms with E-state index in [2.05, 4.69) is 10.6 Å². The highest BCUT2D eigenvalue weighted by molar-refractivity contribution is 6.37. The highest BCUT2D eigenvalue weighted by Crippen LogP contribution is 2.35. The number of carbonyl (C=O) groups is 6. The van der Waals surface area contributed by atoms with E-state index in [9.17, 15) is 28.8 Å². The number of para-hydroxylation sites is 2. The molecule has 206 valence electrons. The fourth-order valence-corrected chi connectivity index (χ4v) is 4.64. The van der Waals surface area contributed by atoms with Crippen LogP contribution < -0.4 is 25.2 Å². The zero-order chi connectivity index (χ0) is 28.9. The minimum absolute atomic E-state index is 0.0153. The number of fused-ring (bicyclic) bond motifs is 1. The van der Waals surface area contributed by atoms with Crippen LogP contribution in [0, 0.1) is 0 Å². The quantitative estimate of drug-likeness (QED) is 0.378. The van der Waals surface area contributed by atoms with Gasteiger partial charge in [-0.2, -0.15) is 0 Å². The summed E-state index contributed by atoms with van der Waals surface area (Å²) >= 11 is 12.3. The van der Waals surface area contributed by atoms with Gasteiger partial charge in [0.25, 0.3) is 11.8 Å². The molecule has 0 aliphatic carbocycles. The number of nitrogens with zero attached hydrogens (tertiary/aromatic N) is 2. The van der Waals surface area contributed by atoms with Gasteiger partial charge in [-0.05, 0) is 24.3 Å². The van der Waals surface area contributed by atoms with Crippen LogP contribution in [0.2, 0.25) is 10.0 Å². The van der Waals surface area contributed by atoms with Crippen LogP contribution in [-0.2, 0) is 24.0 Å². The van der Waals surface area contributed by atoms with Crippen molar-refractivity contribution in [1.29, 1.82) is 0 Å². The van der Waals surface area contributed by atoms with Crippen LogP contribution in [0.4, 0.5) is 11.4 Å². The number of amides is 4. The highest BCUT2D eigenvalue weighted by atomic mass is 35.5. The number of ether oxygens (including phenoxy) is 1. The van der Waals surface area contributed by atoms with Gasteiger partial charge in [0, 0.05) is 12.5 Å². The number of anilines is 2. The Balaban J connectivity index is 1.96. The van der Waals surface area contributed by atoms with Crippen molar-refractivity contribution in [2.45, 2.75) is 25.4 Å². The van der Waals surface area contributed by atoms with E-state index in [1.807, 2.05) is 0 Å². The van der Waals surface area contributed by atoms with E-state index in [-0.39, 0.29) is 39.9 Å². The Labute approximate surface area is 232 Å². The summed E-state index contributed by atoms with van der Waals surface area (Å²) < 4.78 is 5.09. The molecule has 0 spiro atoms. The van der Waals surface area contributed by atoms with E-state index >= 15 is 0 Å². The number of carbonyl (C=O) groups excluding carboxylic acids is 5. The number of carboxylic acids is 1. The second-order valence-electron chi connectivity index (χ2n) is 8.45. The van der Waals surface area contributed by atoms with Crippen molar-refractivity contribution in [3.63, 3.8) is 0 Å². The SMILES string of the molecule is COc1c(Cl)cc(C(=O)N[C@H]2CN(C(C)=O)c3ccccc3N(CC(=O)N[C@H](C=O)CC(=O)O)C2=O)cc1Cl. The zero-order valence-electron chi connectivity index (χ0n) is 20.8. The van der Waals surface area contributed by atoms with Gasteiger partial charge in [0.15, 0.2) is 5.75 Å². The Morgan fingerprint density at radius 3 is 2.31 bits per heavy atom. The molecule has 0 saturated carbocycles. The molecule has 0 bridgehead atoms. The summed E-state index contributed by atoms with van der Waals surface area (Å²) in [6, 6.07) is 6.27. The van der Waals surface area contributed by atoms with Crippen LogP contribution in [0.3, 0.4) is 0 Å². The summed E-state index contributed by atoms with van der Waals surface area (Å²) in [6.07, 6.45) is -0.376. The number of methoxy groups -OCH3 is 1. The molecular formula is C25H24Cl2N4O8. The van der Waals surface area contributed by atoms with Crippen molar-refractivity contribution in [2.24, 2.45) is 0 Å². The Morgan fingerprint density at radius 2 is 1.77 bits per heavy atom. The Bertz CT molecular complexity index is 1310. The maximum Gasteiger partial charge on any atom is 0.305 e. The fraction of sp³-hybridized carbons (Fsp3) is 0.280. The molecule has 0 aromatic heterocycles. The van der Waals surface area contributed by atoms with E-state index in [1.54, 1.807) is 18.2 Å². The molecule has 12 nitrogen and oxygen atoms in total. The van der Waals surface area contributed by atoms with Crippen molar-refractivity contribution in [2.75, 3.05) is 30.0 Å². The summed E-state index contributed by atoms with van der Waals surface area (Å²) in [4.78, 5) is 76.7. The molecule has 0 radical (unpaired) electrons. The van der Waals surface area contributed by atoms with Gasteiger partial charge < -0.3 is 30.2 Å². The van der Waals surface area contributed by atoms with Gasteiger partial charge in [-0.3, -0.25) is 28.9 Å². The van der Waals surface area contributed by atoms with Crippen LogP contribution in [0.15, 0.2) is 36.4 Å². The van der Waals surface area contributed by atoms with Gasteiger partial charge in [0.1, 0.15) is 18.9 Å². The third kappa shape index (κ3) is 6.84. The number of nitrogens with one attached hydrogen (secondary N) is 2. The molecule has 1 aliphatic heterocycles. The smallest absolute Gasteiger partial charge is 0.305 e. The number of hydrogen-bond donors (Lipinski definition) is 3. The van der Waals surface area contributed by atoms with Crippen molar-refractivity contribution < 1.29 is 38.6 Å². The Morgan fingerprint density at radius 1 is 1.15 bits per heavy atom. The third-order valence-electron chi connectivity index (χ3n) is 5.75. The van der Waals surface area contributed by atoms with Gasteiger partial charge in [-0.15, -0.1) is 0 Å². The third-order valence-corrected chi connectivity index (χ3v) is 6.31. The van der Waals surface area contributed by atoms with E-state index < -0.39 is 54.6 Å². The van der Waals surface area contributed by atoms with Crippen LogP contribution in [-0.4, -0.2) is 73.3 Å². The van der Waals surface area contributed by atoms with E-state index in [0.29, 0.717) is 5.69 Å². The predicted octanol–water partition coefficient (Wildman–Crippen LogP) is 1.66. The first kappa shape index (κ1) is 29.4. The van der Waals surface area contributed by atoms with E-state index in [1.165, 1.54) is 37.1 Å². The van der Waals surface area contributed by atoms with Crippen LogP contribution in [0.5, 0.6) is 5.75 Å². The molecule has 1 heterocycles. The minimum atomic E-state index is -1.32. The summed E-state index contributed by atoms with van der Waals surface area (Å²) in [5.74, 6) is -3.87. The van der Waals surface area contributed by atoms with Gasteiger partial charge in [-0.1, -0.05) is 35.3 Å². The van der Waals surface area contributed by atoms with Gasteiger partial charge >= 0.3 is 5.97 Å². The molecule has 0 saturated heterocycles. The van der Waals surface area contributed by atoms with Gasteiger partial charge in [0.05, 0.1) is 47.5 Å². The summed E-state index contributed by atoms with van der Waals surface area (Å²) in [6.45, 7) is 0.396. The minimum Gasteiger partial charge on any atom is -0.494 e. The summed E-state index contributed by atoms with van der Waals surface area (Å²) in [5.41, 5.74) is 0.512. The molecule has 3 rings (SSSR count). The Hall–Kier alpha value is -4.16. The van der Waals surface area contributed by atoms with Gasteiger partial charge in [-0.25, -0.2) is 0 Å². The Kier molecular flexibility index (Phi) is 9.49. The average molecular weight is 579 g/mol. The number of halogens is 2. The number of aldehydes is 1.